The summed E-state index contributed by atoms with van der Waals surface area (Å²) in [7, 11) is 1.00. The fourth-order valence-electron chi connectivity index (χ4n) is 3.60. The Hall–Kier alpha value is -4.32. The Morgan fingerprint density at radius 3 is 2.51 bits per heavy atom. The van der Waals surface area contributed by atoms with Crippen LogP contribution >= 0.6 is 0 Å². The fourth-order valence-corrected chi connectivity index (χ4v) is 3.60. The summed E-state index contributed by atoms with van der Waals surface area (Å²) in [6.07, 6.45) is 1.59. The summed E-state index contributed by atoms with van der Waals surface area (Å²) in [6.45, 7) is 1.97. The maximum atomic E-state index is 13.6. The zero-order chi connectivity index (χ0) is 26.9. The Kier molecular flexibility index (Phi) is 9.27. The third-order valence-electron chi connectivity index (χ3n) is 5.12. The highest BCUT2D eigenvalue weighted by Crippen LogP contribution is 2.39. The van der Waals surface area contributed by atoms with E-state index >= 15 is 0 Å². The number of nitrogen functional groups attached to an aromatic ring is 1. The first kappa shape index (κ1) is 27.3. The molecule has 0 fully saturated rings. The van der Waals surface area contributed by atoms with E-state index < -0.39 is 17.9 Å². The van der Waals surface area contributed by atoms with Gasteiger partial charge in [-0.25, -0.2) is 23.1 Å². The van der Waals surface area contributed by atoms with Crippen molar-refractivity contribution >= 4 is 12.2 Å². The Labute approximate surface area is 210 Å². The van der Waals surface area contributed by atoms with Crippen molar-refractivity contribution in [3.63, 3.8) is 0 Å². The minimum absolute atomic E-state index is 0.0348. The number of carbonyl (C=O) groups excluding carboxylic acids is 1. The normalized spacial score (nSPS) is 10.7. The zero-order valence-electron chi connectivity index (χ0n) is 20.1. The quantitative estimate of drug-likeness (QED) is 0.319. The van der Waals surface area contributed by atoms with Gasteiger partial charge in [0.15, 0.2) is 0 Å². The highest BCUT2D eigenvalue weighted by molar-refractivity contribution is 5.85. The number of nitrogens with two attached hydrogens (primary N) is 1. The standard InChI is InChI=1S/C24H21F3N6O2.CH4O/c1-14-11-16(12-18(30-14)22(26)27)20-21(15-3-5-17(25)6-4-15)31-24(28)32-23(20)35-13-19-29-7-9-33(19)8-2-10-34;1-2/h3-7,9-12,22H,2,8,13H2,1H3,(H2,28,31,32);2H,1H3. The number of aldehydes is 1. The molecule has 0 atom stereocenters. The summed E-state index contributed by atoms with van der Waals surface area (Å²) in [4.78, 5) is 27.4. The monoisotopic (exact) mass is 514 g/mol. The molecule has 37 heavy (non-hydrogen) atoms. The SMILES string of the molecule is CO.Cc1cc(-c2c(OCc3nccn3CCC=O)nc(N)nc2-c2ccc(F)cc2)cc(C(F)F)n1. The third-order valence-corrected chi connectivity index (χ3v) is 5.12. The molecule has 0 spiro atoms. The van der Waals surface area contributed by atoms with E-state index in [9.17, 15) is 18.0 Å². The largest absolute Gasteiger partial charge is 0.469 e. The molecular formula is C25H25F3N6O3. The summed E-state index contributed by atoms with van der Waals surface area (Å²) >= 11 is 0. The zero-order valence-corrected chi connectivity index (χ0v) is 20.1. The van der Waals surface area contributed by atoms with Gasteiger partial charge in [0.2, 0.25) is 11.8 Å². The van der Waals surface area contributed by atoms with Crippen LogP contribution in [0.15, 0.2) is 48.8 Å². The van der Waals surface area contributed by atoms with Gasteiger partial charge in [0.25, 0.3) is 6.43 Å². The van der Waals surface area contributed by atoms with Crippen LogP contribution in [0.3, 0.4) is 0 Å². The highest BCUT2D eigenvalue weighted by atomic mass is 19.3. The molecule has 0 saturated carbocycles. The summed E-state index contributed by atoms with van der Waals surface area (Å²) in [5, 5.41) is 7.00. The molecule has 12 heteroatoms. The molecule has 194 valence electrons. The Morgan fingerprint density at radius 1 is 1.11 bits per heavy atom. The molecule has 0 aliphatic heterocycles. The number of aryl methyl sites for hydroxylation is 2. The lowest BCUT2D eigenvalue weighted by molar-refractivity contribution is -0.108. The number of rotatable bonds is 9. The molecule has 0 radical (unpaired) electrons. The predicted molar refractivity (Wildman–Crippen MR) is 130 cm³/mol. The van der Waals surface area contributed by atoms with Crippen molar-refractivity contribution in [2.75, 3.05) is 12.8 Å². The number of hydrogen-bond donors (Lipinski definition) is 2. The molecule has 3 N–H and O–H groups in total. The lowest BCUT2D eigenvalue weighted by atomic mass is 9.99. The van der Waals surface area contributed by atoms with E-state index in [2.05, 4.69) is 19.9 Å². The number of aliphatic hydroxyl groups is 1. The van der Waals surface area contributed by atoms with E-state index in [0.717, 1.165) is 13.4 Å². The third kappa shape index (κ3) is 6.67. The number of pyridine rings is 1. The van der Waals surface area contributed by atoms with Crippen LogP contribution in [0.25, 0.3) is 22.4 Å². The van der Waals surface area contributed by atoms with E-state index in [4.69, 9.17) is 15.6 Å². The predicted octanol–water partition coefficient (Wildman–Crippen LogP) is 4.15. The van der Waals surface area contributed by atoms with Crippen molar-refractivity contribution in [1.82, 2.24) is 24.5 Å². The summed E-state index contributed by atoms with van der Waals surface area (Å²) in [6, 6.07) is 8.34. The topological polar surface area (TPSA) is 129 Å². The second-order valence-corrected chi connectivity index (χ2v) is 7.62. The van der Waals surface area contributed by atoms with Gasteiger partial charge in [0.1, 0.15) is 30.2 Å². The van der Waals surface area contributed by atoms with Crippen LogP contribution in [0.1, 0.15) is 30.1 Å². The Morgan fingerprint density at radius 2 is 1.84 bits per heavy atom. The van der Waals surface area contributed by atoms with Gasteiger partial charge in [-0.3, -0.25) is 4.98 Å². The van der Waals surface area contributed by atoms with Gasteiger partial charge in [-0.2, -0.15) is 4.98 Å². The lowest BCUT2D eigenvalue weighted by Crippen LogP contribution is -2.10. The van der Waals surface area contributed by atoms with Crippen LogP contribution in [0.5, 0.6) is 5.88 Å². The van der Waals surface area contributed by atoms with Crippen LogP contribution in [0.2, 0.25) is 0 Å². The van der Waals surface area contributed by atoms with Gasteiger partial charge in [-0.1, -0.05) is 0 Å². The maximum absolute atomic E-state index is 13.6. The van der Waals surface area contributed by atoms with Crippen LogP contribution in [0, 0.1) is 12.7 Å². The van der Waals surface area contributed by atoms with Crippen LogP contribution < -0.4 is 10.5 Å². The van der Waals surface area contributed by atoms with E-state index in [1.54, 1.807) is 30.0 Å². The van der Waals surface area contributed by atoms with Crippen molar-refractivity contribution in [1.29, 1.82) is 0 Å². The number of benzene rings is 1. The van der Waals surface area contributed by atoms with Gasteiger partial charge in [0, 0.05) is 43.7 Å². The first-order chi connectivity index (χ1) is 17.9. The summed E-state index contributed by atoms with van der Waals surface area (Å²) < 4.78 is 48.4. The molecule has 0 unspecified atom stereocenters. The van der Waals surface area contributed by atoms with Gasteiger partial charge in [-0.15, -0.1) is 0 Å². The van der Waals surface area contributed by atoms with E-state index in [0.29, 0.717) is 41.2 Å². The van der Waals surface area contributed by atoms with Gasteiger partial charge >= 0.3 is 0 Å². The number of carbonyl (C=O) groups is 1. The number of ether oxygens (including phenoxy) is 1. The molecule has 0 amide bonds. The number of anilines is 1. The molecule has 3 heterocycles. The number of nitrogens with zero attached hydrogens (tertiary/aromatic N) is 5. The number of alkyl halides is 2. The van der Waals surface area contributed by atoms with Crippen molar-refractivity contribution < 1.29 is 27.8 Å². The number of aliphatic hydroxyl groups excluding tert-OH is 1. The second kappa shape index (κ2) is 12.6. The smallest absolute Gasteiger partial charge is 0.280 e. The van der Waals surface area contributed by atoms with Crippen molar-refractivity contribution in [3.05, 3.63) is 71.8 Å². The number of imidazole rings is 1. The number of hydrogen-bond acceptors (Lipinski definition) is 8. The first-order valence-electron chi connectivity index (χ1n) is 11.1. The van der Waals surface area contributed by atoms with Crippen molar-refractivity contribution in [2.24, 2.45) is 0 Å². The Balaban J connectivity index is 0.00000186. The average molecular weight is 515 g/mol. The number of halogens is 3. The molecule has 4 rings (SSSR count). The first-order valence-corrected chi connectivity index (χ1v) is 11.1. The molecule has 0 bridgehead atoms. The van der Waals surface area contributed by atoms with E-state index in [1.165, 1.54) is 30.3 Å². The van der Waals surface area contributed by atoms with Crippen LogP contribution in [-0.4, -0.2) is 43.0 Å². The van der Waals surface area contributed by atoms with Gasteiger partial charge in [-0.05, 0) is 48.9 Å². The van der Waals surface area contributed by atoms with E-state index in [-0.39, 0.29) is 24.1 Å². The second-order valence-electron chi connectivity index (χ2n) is 7.62. The maximum Gasteiger partial charge on any atom is 0.280 e. The molecule has 0 saturated heterocycles. The van der Waals surface area contributed by atoms with Crippen LogP contribution in [0.4, 0.5) is 19.1 Å². The lowest BCUT2D eigenvalue weighted by Gasteiger charge is -2.17. The molecule has 1 aromatic carbocycles. The summed E-state index contributed by atoms with van der Waals surface area (Å²) in [5.74, 6) is -0.00647. The molecule has 0 aliphatic rings. The molecular weight excluding hydrogens is 489 g/mol. The highest BCUT2D eigenvalue weighted by Gasteiger charge is 2.22. The summed E-state index contributed by atoms with van der Waals surface area (Å²) in [5.41, 5.74) is 7.30. The van der Waals surface area contributed by atoms with Crippen molar-refractivity contribution in [3.8, 4) is 28.3 Å². The Bertz CT molecular complexity index is 1350. The van der Waals surface area contributed by atoms with E-state index in [1.807, 2.05) is 0 Å². The molecule has 0 aliphatic carbocycles. The van der Waals surface area contributed by atoms with Crippen molar-refractivity contribution in [2.45, 2.75) is 32.9 Å². The van der Waals surface area contributed by atoms with Gasteiger partial charge in [0.05, 0.1) is 11.3 Å². The van der Waals surface area contributed by atoms with Gasteiger partial charge < -0.3 is 24.9 Å². The fraction of sp³-hybridized carbons (Fsp3) is 0.240. The molecule has 9 nitrogen and oxygen atoms in total. The molecule has 3 aromatic heterocycles. The molecule has 4 aromatic rings. The number of aromatic nitrogens is 5. The van der Waals surface area contributed by atoms with Crippen LogP contribution in [-0.2, 0) is 17.9 Å². The minimum Gasteiger partial charge on any atom is -0.469 e. The minimum atomic E-state index is -2.80. The average Bonchev–Trinajstić information content (AvgIpc) is 3.34.